The second-order valence-corrected chi connectivity index (χ2v) is 11.8. The zero-order valence-electron chi connectivity index (χ0n) is 17.6. The predicted molar refractivity (Wildman–Crippen MR) is 130 cm³/mol. The smallest absolute Gasteiger partial charge is 0.263 e. The molecule has 0 aliphatic carbocycles. The second-order valence-electron chi connectivity index (χ2n) is 7.64. The highest BCUT2D eigenvalue weighted by atomic mass is 32.2. The van der Waals surface area contributed by atoms with Crippen LogP contribution in [0.15, 0.2) is 59.0 Å². The molecule has 0 bridgehead atoms. The van der Waals surface area contributed by atoms with Crippen molar-refractivity contribution in [2.75, 3.05) is 24.3 Å². The number of carbonyl (C=O) groups excluding carboxylic acids is 1. The molecule has 1 atom stereocenters. The van der Waals surface area contributed by atoms with Gasteiger partial charge in [-0.25, -0.2) is 13.4 Å². The third-order valence-electron chi connectivity index (χ3n) is 5.46. The Morgan fingerprint density at radius 2 is 2.12 bits per heavy atom. The van der Waals surface area contributed by atoms with Gasteiger partial charge in [0.05, 0.1) is 22.6 Å². The first-order valence-electron chi connectivity index (χ1n) is 10.1. The normalized spacial score (nSPS) is 17.5. The lowest BCUT2D eigenvalue weighted by Crippen LogP contribution is -2.39. The van der Waals surface area contributed by atoms with Crippen LogP contribution in [-0.2, 0) is 21.2 Å². The summed E-state index contributed by atoms with van der Waals surface area (Å²) in [5, 5.41) is 0.990. The number of nitrogens with zero attached hydrogens (tertiary/aromatic N) is 3. The van der Waals surface area contributed by atoms with E-state index in [4.69, 9.17) is 0 Å². The number of hydrogen-bond donors (Lipinski definition) is 0. The van der Waals surface area contributed by atoms with Gasteiger partial charge >= 0.3 is 0 Å². The molecular weight excluding hydrogens is 466 g/mol. The van der Waals surface area contributed by atoms with Crippen molar-refractivity contribution < 1.29 is 13.2 Å². The third-order valence-corrected chi connectivity index (χ3v) is 9.25. The average Bonchev–Trinajstić information content (AvgIpc) is 3.37. The summed E-state index contributed by atoms with van der Waals surface area (Å²) in [5.41, 5.74) is 0.848. The van der Waals surface area contributed by atoms with Gasteiger partial charge in [-0.2, -0.15) is 0 Å². The number of carbonyl (C=O) groups is 1. The molecule has 1 aromatic carbocycles. The summed E-state index contributed by atoms with van der Waals surface area (Å²) in [4.78, 5) is 33.6. The standard InChI is InChI=1S/C22H23N3O4S3/c1-3-10-25-21(27)17-12-18(15-7-5-4-6-8-15)31-20(17)23-22(25)30-13-19(26)24(2)16-9-11-32(28,29)14-16/h3-8,12,16H,1,9-11,13-14H2,2H3. The van der Waals surface area contributed by atoms with Gasteiger partial charge in [-0.05, 0) is 18.1 Å². The topological polar surface area (TPSA) is 89.3 Å². The number of hydrogen-bond acceptors (Lipinski definition) is 7. The van der Waals surface area contributed by atoms with Crippen molar-refractivity contribution in [2.24, 2.45) is 0 Å². The first kappa shape index (κ1) is 22.8. The van der Waals surface area contributed by atoms with Crippen molar-refractivity contribution in [3.8, 4) is 10.4 Å². The van der Waals surface area contributed by atoms with Crippen LogP contribution in [0.25, 0.3) is 20.7 Å². The van der Waals surface area contributed by atoms with Crippen LogP contribution in [0.2, 0.25) is 0 Å². The number of allylic oxidation sites excluding steroid dienone is 1. The lowest BCUT2D eigenvalue weighted by atomic mass is 10.2. The first-order valence-corrected chi connectivity index (χ1v) is 13.7. The Balaban J connectivity index is 1.60. The summed E-state index contributed by atoms with van der Waals surface area (Å²) in [7, 11) is -1.44. The SMILES string of the molecule is C=CCn1c(SCC(=O)N(C)C2CCS(=O)(=O)C2)nc2sc(-c3ccccc3)cc2c1=O. The van der Waals surface area contributed by atoms with Gasteiger partial charge in [0, 0.05) is 24.5 Å². The van der Waals surface area contributed by atoms with Crippen LogP contribution in [0.3, 0.4) is 0 Å². The molecule has 1 unspecified atom stereocenters. The van der Waals surface area contributed by atoms with E-state index in [9.17, 15) is 18.0 Å². The maximum atomic E-state index is 13.1. The van der Waals surface area contributed by atoms with Crippen LogP contribution < -0.4 is 5.56 Å². The molecule has 0 saturated carbocycles. The average molecular weight is 490 g/mol. The van der Waals surface area contributed by atoms with Crippen LogP contribution in [0, 0.1) is 0 Å². The molecule has 168 valence electrons. The van der Waals surface area contributed by atoms with Crippen molar-refractivity contribution in [3.63, 3.8) is 0 Å². The predicted octanol–water partition coefficient (Wildman–Crippen LogP) is 3.05. The fraction of sp³-hybridized carbons (Fsp3) is 0.318. The van der Waals surface area contributed by atoms with Crippen molar-refractivity contribution in [1.29, 1.82) is 0 Å². The van der Waals surface area contributed by atoms with Crippen LogP contribution in [0.4, 0.5) is 0 Å². The molecule has 0 N–H and O–H groups in total. The fourth-order valence-electron chi connectivity index (χ4n) is 3.65. The van der Waals surface area contributed by atoms with Gasteiger partial charge in [0.15, 0.2) is 15.0 Å². The number of sulfone groups is 1. The Labute approximate surface area is 194 Å². The Kier molecular flexibility index (Phi) is 6.55. The summed E-state index contributed by atoms with van der Waals surface area (Å²) in [6.45, 7) is 4.02. The first-order chi connectivity index (χ1) is 15.3. The highest BCUT2D eigenvalue weighted by Crippen LogP contribution is 2.32. The van der Waals surface area contributed by atoms with Gasteiger partial charge in [-0.15, -0.1) is 17.9 Å². The van der Waals surface area contributed by atoms with E-state index in [1.54, 1.807) is 13.1 Å². The molecule has 1 fully saturated rings. The molecule has 10 heteroatoms. The van der Waals surface area contributed by atoms with E-state index in [-0.39, 0.29) is 41.3 Å². The number of thiophene rings is 1. The maximum absolute atomic E-state index is 13.1. The van der Waals surface area contributed by atoms with Gasteiger partial charge < -0.3 is 4.90 Å². The fourth-order valence-corrected chi connectivity index (χ4v) is 7.44. The summed E-state index contributed by atoms with van der Waals surface area (Å²) < 4.78 is 25.0. The maximum Gasteiger partial charge on any atom is 0.263 e. The monoisotopic (exact) mass is 489 g/mol. The zero-order valence-corrected chi connectivity index (χ0v) is 20.0. The number of aromatic nitrogens is 2. The van der Waals surface area contributed by atoms with E-state index in [1.165, 1.54) is 32.6 Å². The molecule has 3 aromatic rings. The Morgan fingerprint density at radius 3 is 2.78 bits per heavy atom. The van der Waals surface area contributed by atoms with Crippen LogP contribution >= 0.6 is 23.1 Å². The Bertz CT molecular complexity index is 1330. The molecule has 4 rings (SSSR count). The minimum Gasteiger partial charge on any atom is -0.341 e. The van der Waals surface area contributed by atoms with E-state index >= 15 is 0 Å². The minimum absolute atomic E-state index is 0.00272. The third kappa shape index (κ3) is 4.67. The van der Waals surface area contributed by atoms with Crippen molar-refractivity contribution in [3.05, 3.63) is 59.4 Å². The van der Waals surface area contributed by atoms with Crippen molar-refractivity contribution in [2.45, 2.75) is 24.2 Å². The molecule has 0 radical (unpaired) electrons. The molecular formula is C22H23N3O4S3. The molecule has 3 heterocycles. The molecule has 1 aliphatic rings. The number of amides is 1. The molecule has 1 saturated heterocycles. The highest BCUT2D eigenvalue weighted by molar-refractivity contribution is 7.99. The molecule has 0 spiro atoms. The zero-order chi connectivity index (χ0) is 22.9. The van der Waals surface area contributed by atoms with E-state index < -0.39 is 9.84 Å². The van der Waals surface area contributed by atoms with Crippen molar-refractivity contribution >= 4 is 49.1 Å². The largest absolute Gasteiger partial charge is 0.341 e. The quantitative estimate of drug-likeness (QED) is 0.288. The lowest BCUT2D eigenvalue weighted by molar-refractivity contribution is -0.128. The van der Waals surface area contributed by atoms with Gasteiger partial charge in [0.25, 0.3) is 5.56 Å². The second kappa shape index (κ2) is 9.21. The molecule has 2 aromatic heterocycles. The summed E-state index contributed by atoms with van der Waals surface area (Å²) >= 11 is 2.63. The highest BCUT2D eigenvalue weighted by Gasteiger charge is 2.32. The van der Waals surface area contributed by atoms with Crippen LogP contribution in [0.5, 0.6) is 0 Å². The molecule has 32 heavy (non-hydrogen) atoms. The van der Waals surface area contributed by atoms with E-state index in [2.05, 4.69) is 11.6 Å². The summed E-state index contributed by atoms with van der Waals surface area (Å²) in [6, 6.07) is 11.4. The molecule has 7 nitrogen and oxygen atoms in total. The van der Waals surface area contributed by atoms with Crippen LogP contribution in [-0.4, -0.2) is 59.1 Å². The number of rotatable bonds is 7. The van der Waals surface area contributed by atoms with E-state index in [0.29, 0.717) is 21.8 Å². The Hall–Kier alpha value is -2.43. The Morgan fingerprint density at radius 1 is 1.38 bits per heavy atom. The summed E-state index contributed by atoms with van der Waals surface area (Å²) in [5.74, 6) is -0.00328. The minimum atomic E-state index is -3.07. The molecule has 1 aliphatic heterocycles. The lowest BCUT2D eigenvalue weighted by Gasteiger charge is -2.23. The van der Waals surface area contributed by atoms with Crippen LogP contribution in [0.1, 0.15) is 6.42 Å². The van der Waals surface area contributed by atoms with E-state index in [1.807, 2.05) is 36.4 Å². The summed E-state index contributed by atoms with van der Waals surface area (Å²) in [6.07, 6.45) is 2.08. The van der Waals surface area contributed by atoms with Gasteiger partial charge in [-0.1, -0.05) is 48.2 Å². The number of benzene rings is 1. The van der Waals surface area contributed by atoms with E-state index in [0.717, 1.165) is 10.4 Å². The van der Waals surface area contributed by atoms with Gasteiger partial charge in [0.1, 0.15) is 4.83 Å². The van der Waals surface area contributed by atoms with Gasteiger partial charge in [-0.3, -0.25) is 14.2 Å². The molecule has 1 amide bonds. The number of thioether (sulfide) groups is 1. The number of fused-ring (bicyclic) bond motifs is 1. The van der Waals surface area contributed by atoms with Gasteiger partial charge in [0.2, 0.25) is 5.91 Å². The van der Waals surface area contributed by atoms with Crippen molar-refractivity contribution in [1.82, 2.24) is 14.5 Å².